The van der Waals surface area contributed by atoms with Gasteiger partial charge in [-0.2, -0.15) is 10.2 Å². The van der Waals surface area contributed by atoms with Gasteiger partial charge in [0.1, 0.15) is 5.82 Å². The van der Waals surface area contributed by atoms with Crippen LogP contribution in [0.5, 0.6) is 0 Å². The predicted molar refractivity (Wildman–Crippen MR) is 112 cm³/mol. The molecule has 28 heavy (non-hydrogen) atoms. The lowest BCUT2D eigenvalue weighted by Gasteiger charge is -2.09. The van der Waals surface area contributed by atoms with Crippen LogP contribution in [0.1, 0.15) is 0 Å². The molecule has 0 aliphatic heterocycles. The first-order valence-electron chi connectivity index (χ1n) is 9.04. The van der Waals surface area contributed by atoms with Crippen molar-refractivity contribution in [2.45, 2.75) is 0 Å². The summed E-state index contributed by atoms with van der Waals surface area (Å²) in [6.07, 6.45) is 3.46. The van der Waals surface area contributed by atoms with Gasteiger partial charge in [0.25, 0.3) is 0 Å². The largest absolute Gasteiger partial charge is 0.356 e. The molecule has 2 aromatic heterocycles. The molecular weight excluding hydrogens is 346 g/mol. The maximum Gasteiger partial charge on any atom is 0.138 e. The fraction of sp³-hybridized carbons (Fsp3) is 0. The summed E-state index contributed by atoms with van der Waals surface area (Å²) in [5.41, 5.74) is 7.24. The van der Waals surface area contributed by atoms with Gasteiger partial charge in [0.2, 0.25) is 0 Å². The number of hydrogen-bond acceptors (Lipinski definition) is 4. The molecule has 0 atom stereocenters. The smallest absolute Gasteiger partial charge is 0.138 e. The average molecular weight is 363 g/mol. The molecule has 5 rings (SSSR count). The molecule has 0 amide bonds. The zero-order chi connectivity index (χ0) is 18.8. The number of hydrogen-bond donors (Lipinski definition) is 2. The van der Waals surface area contributed by atoms with Crippen LogP contribution in [0.25, 0.3) is 33.5 Å². The Kier molecular flexibility index (Phi) is 4.03. The number of nitrogens with one attached hydrogen (secondary N) is 2. The van der Waals surface area contributed by atoms with Crippen LogP contribution in [0.15, 0.2) is 91.3 Å². The molecule has 3 aromatic carbocycles. The maximum absolute atomic E-state index is 4.68. The second-order valence-electron chi connectivity index (χ2n) is 6.52. The number of anilines is 2. The summed E-state index contributed by atoms with van der Waals surface area (Å²) in [5, 5.41) is 11.2. The van der Waals surface area contributed by atoms with Crippen molar-refractivity contribution < 1.29 is 0 Å². The van der Waals surface area contributed by atoms with Crippen molar-refractivity contribution in [3.05, 3.63) is 91.3 Å². The highest BCUT2D eigenvalue weighted by molar-refractivity contribution is 5.80. The molecule has 2 N–H and O–H groups in total. The summed E-state index contributed by atoms with van der Waals surface area (Å²) in [4.78, 5) is 8.06. The highest BCUT2D eigenvalue weighted by atomic mass is 15.1. The first kappa shape index (κ1) is 16.2. The predicted octanol–water partition coefficient (Wildman–Crippen LogP) is 5.43. The van der Waals surface area contributed by atoms with Gasteiger partial charge < -0.3 is 10.3 Å². The van der Waals surface area contributed by atoms with Crippen LogP contribution >= 0.6 is 0 Å². The van der Waals surface area contributed by atoms with Crippen LogP contribution in [0.3, 0.4) is 0 Å². The minimum Gasteiger partial charge on any atom is -0.356 e. The number of aromatic amines is 1. The Labute approximate surface area is 162 Å². The average Bonchev–Trinajstić information content (AvgIpc) is 3.20. The number of imidazole rings is 1. The van der Waals surface area contributed by atoms with E-state index in [0.717, 1.165) is 44.9 Å². The summed E-state index contributed by atoms with van der Waals surface area (Å²) in [5.74, 6) is 0.866. The van der Waals surface area contributed by atoms with Crippen LogP contribution < -0.4 is 5.32 Å². The molecule has 0 saturated heterocycles. The first-order chi connectivity index (χ1) is 13.8. The lowest BCUT2D eigenvalue weighted by molar-refractivity contribution is 1.03. The van der Waals surface area contributed by atoms with Crippen LogP contribution in [0, 0.1) is 0 Å². The quantitative estimate of drug-likeness (QED) is 0.447. The van der Waals surface area contributed by atoms with E-state index >= 15 is 0 Å². The van der Waals surface area contributed by atoms with Gasteiger partial charge in [0, 0.05) is 22.5 Å². The van der Waals surface area contributed by atoms with E-state index in [-0.39, 0.29) is 0 Å². The highest BCUT2D eigenvalue weighted by Gasteiger charge is 2.06. The van der Waals surface area contributed by atoms with E-state index in [0.29, 0.717) is 0 Å². The number of nitrogens with zero attached hydrogens (tertiary/aromatic N) is 3. The van der Waals surface area contributed by atoms with E-state index in [1.807, 2.05) is 42.5 Å². The molecule has 0 spiro atoms. The third kappa shape index (κ3) is 3.21. The maximum atomic E-state index is 4.68. The molecule has 0 radical (unpaired) electrons. The minimum absolute atomic E-state index is 0.866. The number of fused-ring (bicyclic) bond motifs is 1. The van der Waals surface area contributed by atoms with Crippen LogP contribution in [-0.2, 0) is 0 Å². The SMILES string of the molecule is c1cc(Nc2ccc(-c3ccnnc3)cc2)cc(-c2nc3ccccc3[nH]2)c1. The number of rotatable bonds is 4. The van der Waals surface area contributed by atoms with Gasteiger partial charge in [-0.1, -0.05) is 36.4 Å². The summed E-state index contributed by atoms with van der Waals surface area (Å²) < 4.78 is 0. The van der Waals surface area contributed by atoms with Crippen molar-refractivity contribution >= 4 is 22.4 Å². The third-order valence-electron chi connectivity index (χ3n) is 4.62. The molecule has 5 aromatic rings. The number of aromatic nitrogens is 4. The Morgan fingerprint density at radius 3 is 2.39 bits per heavy atom. The van der Waals surface area contributed by atoms with E-state index in [9.17, 15) is 0 Å². The zero-order valence-electron chi connectivity index (χ0n) is 15.0. The standard InChI is InChI=1S/C23H17N5/c1-2-7-22-21(6-1)27-23(28-22)17-4-3-5-20(14-17)26-19-10-8-16(9-11-19)18-12-13-24-25-15-18/h1-15,26H,(H,27,28). The second kappa shape index (κ2) is 6.96. The Bertz CT molecular complexity index is 1190. The molecule has 0 saturated carbocycles. The molecule has 0 aliphatic rings. The van der Waals surface area contributed by atoms with E-state index in [1.54, 1.807) is 12.4 Å². The van der Waals surface area contributed by atoms with Gasteiger partial charge in [-0.15, -0.1) is 0 Å². The van der Waals surface area contributed by atoms with Crippen LogP contribution in [0.2, 0.25) is 0 Å². The fourth-order valence-corrected chi connectivity index (χ4v) is 3.21. The molecule has 5 nitrogen and oxygen atoms in total. The van der Waals surface area contributed by atoms with Crippen molar-refractivity contribution in [1.29, 1.82) is 0 Å². The molecular formula is C23H17N5. The third-order valence-corrected chi connectivity index (χ3v) is 4.62. The summed E-state index contributed by atoms with van der Waals surface area (Å²) in [7, 11) is 0. The summed E-state index contributed by atoms with van der Waals surface area (Å²) in [6, 6.07) is 26.5. The van der Waals surface area contributed by atoms with Crippen molar-refractivity contribution in [2.24, 2.45) is 0 Å². The van der Waals surface area contributed by atoms with E-state index < -0.39 is 0 Å². The summed E-state index contributed by atoms with van der Waals surface area (Å²) >= 11 is 0. The lowest BCUT2D eigenvalue weighted by Crippen LogP contribution is -1.91. The lowest BCUT2D eigenvalue weighted by atomic mass is 10.1. The number of benzene rings is 3. The zero-order valence-corrected chi connectivity index (χ0v) is 15.0. The highest BCUT2D eigenvalue weighted by Crippen LogP contribution is 2.26. The van der Waals surface area contributed by atoms with Crippen molar-refractivity contribution in [3.63, 3.8) is 0 Å². The van der Waals surface area contributed by atoms with Crippen molar-refractivity contribution in [2.75, 3.05) is 5.32 Å². The fourth-order valence-electron chi connectivity index (χ4n) is 3.21. The molecule has 2 heterocycles. The van der Waals surface area contributed by atoms with Gasteiger partial charge in [0.15, 0.2) is 0 Å². The van der Waals surface area contributed by atoms with E-state index in [1.165, 1.54) is 0 Å². The van der Waals surface area contributed by atoms with E-state index in [2.05, 4.69) is 61.9 Å². The number of H-pyrrole nitrogens is 1. The molecule has 0 unspecified atom stereocenters. The normalized spacial score (nSPS) is 10.9. The van der Waals surface area contributed by atoms with Gasteiger partial charge in [-0.3, -0.25) is 0 Å². The Hall–Kier alpha value is -3.99. The molecule has 5 heteroatoms. The Morgan fingerprint density at radius 2 is 1.57 bits per heavy atom. The van der Waals surface area contributed by atoms with Gasteiger partial charge in [0.05, 0.1) is 23.4 Å². The molecule has 0 aliphatic carbocycles. The van der Waals surface area contributed by atoms with Crippen molar-refractivity contribution in [3.8, 4) is 22.5 Å². The van der Waals surface area contributed by atoms with Gasteiger partial charge >= 0.3 is 0 Å². The summed E-state index contributed by atoms with van der Waals surface area (Å²) in [6.45, 7) is 0. The van der Waals surface area contributed by atoms with E-state index in [4.69, 9.17) is 0 Å². The Balaban J connectivity index is 1.39. The van der Waals surface area contributed by atoms with Crippen molar-refractivity contribution in [1.82, 2.24) is 20.2 Å². The molecule has 0 fully saturated rings. The van der Waals surface area contributed by atoms with Gasteiger partial charge in [-0.05, 0) is 48.0 Å². The second-order valence-corrected chi connectivity index (χ2v) is 6.52. The first-order valence-corrected chi connectivity index (χ1v) is 9.04. The minimum atomic E-state index is 0.866. The van der Waals surface area contributed by atoms with Crippen LogP contribution in [0.4, 0.5) is 11.4 Å². The topological polar surface area (TPSA) is 66.5 Å². The number of para-hydroxylation sites is 2. The molecule has 134 valence electrons. The monoisotopic (exact) mass is 363 g/mol. The Morgan fingerprint density at radius 1 is 0.679 bits per heavy atom. The van der Waals surface area contributed by atoms with Crippen LogP contribution in [-0.4, -0.2) is 20.2 Å². The molecule has 0 bridgehead atoms. The van der Waals surface area contributed by atoms with Gasteiger partial charge in [-0.25, -0.2) is 4.98 Å².